The summed E-state index contributed by atoms with van der Waals surface area (Å²) >= 11 is 0. The summed E-state index contributed by atoms with van der Waals surface area (Å²) in [5, 5.41) is 17.7. The van der Waals surface area contributed by atoms with Gasteiger partial charge in [-0.2, -0.15) is 5.10 Å². The number of aromatic nitrogens is 5. The van der Waals surface area contributed by atoms with Gasteiger partial charge in [0.2, 0.25) is 15.8 Å². The Kier molecular flexibility index (Phi) is 3.57. The Labute approximate surface area is 143 Å². The molecule has 0 aliphatic carbocycles. The second-order valence-electron chi connectivity index (χ2n) is 5.89. The van der Waals surface area contributed by atoms with Crippen LogP contribution in [0.3, 0.4) is 0 Å². The van der Waals surface area contributed by atoms with Gasteiger partial charge in [-0.3, -0.25) is 14.4 Å². The highest BCUT2D eigenvalue weighted by Gasteiger charge is 2.28. The molecule has 0 radical (unpaired) electrons. The summed E-state index contributed by atoms with van der Waals surface area (Å²) in [6, 6.07) is 1.63. The van der Waals surface area contributed by atoms with Crippen LogP contribution in [0.2, 0.25) is 0 Å². The highest BCUT2D eigenvalue weighted by atomic mass is 32.2. The molecule has 130 valence electrons. The van der Waals surface area contributed by atoms with Crippen molar-refractivity contribution in [3.05, 3.63) is 24.3 Å². The molecule has 0 unspecified atom stereocenters. The Bertz CT molecular complexity index is 1060. The molecule has 0 bridgehead atoms. The first kappa shape index (κ1) is 15.8. The Morgan fingerprint density at radius 2 is 2.12 bits per heavy atom. The quantitative estimate of drug-likeness (QED) is 0.707. The molecule has 1 aliphatic heterocycles. The van der Waals surface area contributed by atoms with Gasteiger partial charge in [0.15, 0.2) is 11.4 Å². The van der Waals surface area contributed by atoms with Crippen LogP contribution in [0.5, 0.6) is 5.75 Å². The van der Waals surface area contributed by atoms with Crippen molar-refractivity contribution in [2.75, 3.05) is 16.6 Å². The fourth-order valence-corrected chi connectivity index (χ4v) is 4.63. The van der Waals surface area contributed by atoms with Crippen LogP contribution in [0.1, 0.15) is 18.7 Å². The van der Waals surface area contributed by atoms with Crippen molar-refractivity contribution in [3.8, 4) is 17.3 Å². The summed E-state index contributed by atoms with van der Waals surface area (Å²) in [7, 11) is -3.37. The molecule has 1 aliphatic rings. The first-order chi connectivity index (χ1) is 12.0. The molecule has 0 saturated carbocycles. The predicted octanol–water partition coefficient (Wildman–Crippen LogP) is 1.36. The SMILES string of the molecule is Cc1nc(-c2ncc3c(N4CCCCS4(=O)=O)ccnc3c2O)n[nH]1. The summed E-state index contributed by atoms with van der Waals surface area (Å²) in [6.45, 7) is 2.15. The van der Waals surface area contributed by atoms with E-state index in [1.807, 2.05) is 0 Å². The number of aryl methyl sites for hydroxylation is 1. The molecule has 25 heavy (non-hydrogen) atoms. The summed E-state index contributed by atoms with van der Waals surface area (Å²) in [6.07, 6.45) is 4.42. The van der Waals surface area contributed by atoms with Gasteiger partial charge in [0.1, 0.15) is 11.3 Å². The topological polar surface area (TPSA) is 125 Å². The third-order valence-electron chi connectivity index (χ3n) is 4.17. The zero-order valence-electron chi connectivity index (χ0n) is 13.5. The van der Waals surface area contributed by atoms with Gasteiger partial charge in [-0.15, -0.1) is 0 Å². The van der Waals surface area contributed by atoms with Crippen molar-refractivity contribution < 1.29 is 13.5 Å². The number of hydrogen-bond donors (Lipinski definition) is 2. The minimum absolute atomic E-state index is 0.116. The first-order valence-corrected chi connectivity index (χ1v) is 9.45. The largest absolute Gasteiger partial charge is 0.504 e. The second-order valence-corrected chi connectivity index (χ2v) is 7.90. The zero-order chi connectivity index (χ0) is 17.6. The van der Waals surface area contributed by atoms with Gasteiger partial charge >= 0.3 is 0 Å². The molecule has 0 spiro atoms. The third-order valence-corrected chi connectivity index (χ3v) is 6.02. The first-order valence-electron chi connectivity index (χ1n) is 7.84. The Morgan fingerprint density at radius 3 is 2.84 bits per heavy atom. The molecule has 0 aromatic carbocycles. The molecule has 1 saturated heterocycles. The molecule has 3 aromatic rings. The lowest BCUT2D eigenvalue weighted by atomic mass is 10.2. The summed E-state index contributed by atoms with van der Waals surface area (Å²) in [5.41, 5.74) is 0.943. The van der Waals surface area contributed by atoms with Gasteiger partial charge in [-0.25, -0.2) is 18.4 Å². The van der Waals surface area contributed by atoms with E-state index >= 15 is 0 Å². The number of sulfonamides is 1. The fourth-order valence-electron chi connectivity index (χ4n) is 2.97. The Morgan fingerprint density at radius 1 is 1.28 bits per heavy atom. The van der Waals surface area contributed by atoms with Gasteiger partial charge in [0.05, 0.1) is 11.4 Å². The fraction of sp³-hybridized carbons (Fsp3) is 0.333. The van der Waals surface area contributed by atoms with E-state index in [2.05, 4.69) is 25.1 Å². The Hall–Kier alpha value is -2.75. The van der Waals surface area contributed by atoms with Gasteiger partial charge in [0, 0.05) is 24.3 Å². The van der Waals surface area contributed by atoms with Crippen LogP contribution in [0.15, 0.2) is 18.5 Å². The molecule has 0 amide bonds. The number of fused-ring (bicyclic) bond motifs is 1. The number of nitrogens with zero attached hydrogens (tertiary/aromatic N) is 5. The maximum Gasteiger partial charge on any atom is 0.235 e. The van der Waals surface area contributed by atoms with Crippen molar-refractivity contribution >= 4 is 26.6 Å². The number of nitrogens with one attached hydrogen (secondary N) is 1. The highest BCUT2D eigenvalue weighted by molar-refractivity contribution is 7.92. The predicted molar refractivity (Wildman–Crippen MR) is 91.7 cm³/mol. The number of hydrogen-bond acceptors (Lipinski definition) is 7. The number of pyridine rings is 2. The standard InChI is InChI=1S/C15H16N6O3S/c1-9-18-15(20-19-9)13-14(22)12-10(8-17-13)11(4-5-16-12)21-6-2-3-7-25(21,23)24/h4-5,8,22H,2-3,6-7H2,1H3,(H,18,19,20). The molecule has 2 N–H and O–H groups in total. The van der Waals surface area contributed by atoms with Gasteiger partial charge in [0.25, 0.3) is 0 Å². The van der Waals surface area contributed by atoms with E-state index in [1.54, 1.807) is 13.0 Å². The van der Waals surface area contributed by atoms with E-state index in [0.717, 1.165) is 6.42 Å². The molecule has 10 heteroatoms. The number of aromatic hydroxyl groups is 1. The van der Waals surface area contributed by atoms with Crippen LogP contribution in [0, 0.1) is 6.92 Å². The lowest BCUT2D eigenvalue weighted by Crippen LogP contribution is -2.38. The van der Waals surface area contributed by atoms with Crippen LogP contribution in [-0.4, -0.2) is 51.0 Å². The van der Waals surface area contributed by atoms with Gasteiger partial charge < -0.3 is 5.11 Å². The van der Waals surface area contributed by atoms with E-state index in [9.17, 15) is 13.5 Å². The van der Waals surface area contributed by atoms with E-state index in [0.29, 0.717) is 29.9 Å². The monoisotopic (exact) mass is 360 g/mol. The third kappa shape index (κ3) is 2.58. The molecular formula is C15H16N6O3S. The van der Waals surface area contributed by atoms with E-state index in [4.69, 9.17) is 0 Å². The van der Waals surface area contributed by atoms with Gasteiger partial charge in [-0.1, -0.05) is 0 Å². The lowest BCUT2D eigenvalue weighted by Gasteiger charge is -2.29. The van der Waals surface area contributed by atoms with Crippen LogP contribution in [0.4, 0.5) is 5.69 Å². The molecule has 4 heterocycles. The summed E-state index contributed by atoms with van der Waals surface area (Å²) in [4.78, 5) is 12.6. The minimum atomic E-state index is -3.37. The molecule has 9 nitrogen and oxygen atoms in total. The Balaban J connectivity index is 1.90. The van der Waals surface area contributed by atoms with Crippen molar-refractivity contribution in [2.24, 2.45) is 0 Å². The van der Waals surface area contributed by atoms with Crippen molar-refractivity contribution in [2.45, 2.75) is 19.8 Å². The van der Waals surface area contributed by atoms with Gasteiger partial charge in [-0.05, 0) is 25.8 Å². The average molecular weight is 360 g/mol. The smallest absolute Gasteiger partial charge is 0.235 e. The molecule has 3 aromatic heterocycles. The van der Waals surface area contributed by atoms with Crippen molar-refractivity contribution in [1.29, 1.82) is 0 Å². The second kappa shape index (κ2) is 5.66. The van der Waals surface area contributed by atoms with E-state index in [-0.39, 0.29) is 28.5 Å². The zero-order valence-corrected chi connectivity index (χ0v) is 14.3. The van der Waals surface area contributed by atoms with Crippen LogP contribution in [0.25, 0.3) is 22.4 Å². The number of H-pyrrole nitrogens is 1. The maximum absolute atomic E-state index is 12.4. The van der Waals surface area contributed by atoms with Crippen molar-refractivity contribution in [3.63, 3.8) is 0 Å². The average Bonchev–Trinajstić information content (AvgIpc) is 3.01. The normalized spacial score (nSPS) is 17.1. The number of rotatable bonds is 2. The lowest BCUT2D eigenvalue weighted by molar-refractivity contribution is 0.479. The van der Waals surface area contributed by atoms with E-state index < -0.39 is 10.0 Å². The number of aromatic amines is 1. The molecule has 1 fully saturated rings. The number of anilines is 1. The van der Waals surface area contributed by atoms with Crippen molar-refractivity contribution in [1.82, 2.24) is 25.1 Å². The summed E-state index contributed by atoms with van der Waals surface area (Å²) in [5.74, 6) is 0.796. The highest BCUT2D eigenvalue weighted by Crippen LogP contribution is 2.36. The van der Waals surface area contributed by atoms with Crippen LogP contribution < -0.4 is 4.31 Å². The molecular weight excluding hydrogens is 344 g/mol. The van der Waals surface area contributed by atoms with E-state index in [1.165, 1.54) is 16.7 Å². The maximum atomic E-state index is 12.4. The van der Waals surface area contributed by atoms with Crippen LogP contribution in [-0.2, 0) is 10.0 Å². The molecule has 0 atom stereocenters. The van der Waals surface area contributed by atoms with Crippen LogP contribution >= 0.6 is 0 Å². The minimum Gasteiger partial charge on any atom is -0.504 e. The summed E-state index contributed by atoms with van der Waals surface area (Å²) < 4.78 is 26.2. The molecule has 4 rings (SSSR count).